The lowest BCUT2D eigenvalue weighted by Gasteiger charge is -2.03. The average molecular weight is 228 g/mol. The molecule has 0 amide bonds. The quantitative estimate of drug-likeness (QED) is 0.795. The van der Waals surface area contributed by atoms with Crippen molar-refractivity contribution in [2.24, 2.45) is 7.05 Å². The van der Waals surface area contributed by atoms with E-state index >= 15 is 0 Å². The van der Waals surface area contributed by atoms with Gasteiger partial charge in [-0.3, -0.25) is 4.68 Å². The van der Waals surface area contributed by atoms with Crippen molar-refractivity contribution in [2.75, 3.05) is 5.32 Å². The molecule has 0 atom stereocenters. The fourth-order valence-corrected chi connectivity index (χ4v) is 1.19. The summed E-state index contributed by atoms with van der Waals surface area (Å²) >= 11 is 5.77. The van der Waals surface area contributed by atoms with E-state index in [0.29, 0.717) is 5.69 Å². The van der Waals surface area contributed by atoms with E-state index in [-0.39, 0.29) is 10.8 Å². The van der Waals surface area contributed by atoms with Gasteiger partial charge in [-0.2, -0.15) is 14.5 Å². The van der Waals surface area contributed by atoms with E-state index in [0.717, 1.165) is 0 Å². The molecule has 78 valence electrons. The summed E-state index contributed by atoms with van der Waals surface area (Å²) in [7, 11) is 1.77. The second-order valence-electron chi connectivity index (χ2n) is 2.86. The Labute approximate surface area is 89.9 Å². The number of nitrogens with one attached hydrogen (secondary N) is 1. The van der Waals surface area contributed by atoms with Crippen LogP contribution in [0.3, 0.4) is 0 Å². The molecule has 0 aliphatic rings. The van der Waals surface area contributed by atoms with E-state index in [1.54, 1.807) is 24.1 Å². The Hall–Kier alpha value is -1.69. The van der Waals surface area contributed by atoms with E-state index in [9.17, 15) is 4.39 Å². The summed E-state index contributed by atoms with van der Waals surface area (Å²) in [6.07, 6.45) is 3.67. The van der Waals surface area contributed by atoms with E-state index < -0.39 is 6.08 Å². The standard InChI is InChI=1S/C8H7ClFN5/c1-15-4-5(2-12-15)13-7-6(9)3-11-8(10)14-7/h2-4H,1H3,(H,11,13,14). The maximum absolute atomic E-state index is 12.7. The van der Waals surface area contributed by atoms with E-state index in [1.165, 1.54) is 6.20 Å². The van der Waals surface area contributed by atoms with Crippen LogP contribution in [0.25, 0.3) is 0 Å². The van der Waals surface area contributed by atoms with Crippen molar-refractivity contribution >= 4 is 23.1 Å². The van der Waals surface area contributed by atoms with Gasteiger partial charge in [0.05, 0.1) is 18.1 Å². The van der Waals surface area contributed by atoms with Crippen molar-refractivity contribution < 1.29 is 4.39 Å². The molecule has 0 spiro atoms. The van der Waals surface area contributed by atoms with Gasteiger partial charge >= 0.3 is 6.08 Å². The molecule has 0 aliphatic heterocycles. The molecule has 0 unspecified atom stereocenters. The zero-order valence-electron chi connectivity index (χ0n) is 7.78. The zero-order chi connectivity index (χ0) is 10.8. The van der Waals surface area contributed by atoms with Gasteiger partial charge < -0.3 is 5.32 Å². The molecule has 0 aromatic carbocycles. The first-order valence-corrected chi connectivity index (χ1v) is 4.46. The number of hydrogen-bond acceptors (Lipinski definition) is 4. The number of rotatable bonds is 2. The maximum Gasteiger partial charge on any atom is 0.310 e. The number of hydrogen-bond donors (Lipinski definition) is 1. The molecule has 2 aromatic heterocycles. The van der Waals surface area contributed by atoms with Crippen molar-refractivity contribution in [3.63, 3.8) is 0 Å². The van der Waals surface area contributed by atoms with Crippen LogP contribution in [-0.2, 0) is 7.05 Å². The number of halogens is 2. The van der Waals surface area contributed by atoms with Crippen LogP contribution in [0.4, 0.5) is 15.9 Å². The molecule has 7 heteroatoms. The summed E-state index contributed by atoms with van der Waals surface area (Å²) in [5, 5.41) is 7.02. The zero-order valence-corrected chi connectivity index (χ0v) is 8.53. The van der Waals surface area contributed by atoms with Gasteiger partial charge in [-0.05, 0) is 0 Å². The summed E-state index contributed by atoms with van der Waals surface area (Å²) < 4.78 is 14.3. The average Bonchev–Trinajstić information content (AvgIpc) is 2.58. The lowest BCUT2D eigenvalue weighted by molar-refractivity contribution is 0.540. The number of aryl methyl sites for hydroxylation is 1. The Morgan fingerprint density at radius 2 is 2.27 bits per heavy atom. The molecular formula is C8H7ClFN5. The van der Waals surface area contributed by atoms with Gasteiger partial charge in [0, 0.05) is 13.2 Å². The molecule has 5 nitrogen and oxygen atoms in total. The summed E-state index contributed by atoms with van der Waals surface area (Å²) in [6, 6.07) is 0. The molecule has 0 fully saturated rings. The molecular weight excluding hydrogens is 221 g/mol. The molecule has 0 saturated carbocycles. The molecule has 1 N–H and O–H groups in total. The Morgan fingerprint density at radius 1 is 1.47 bits per heavy atom. The summed E-state index contributed by atoms with van der Waals surface area (Å²) in [5.74, 6) is 0.220. The van der Waals surface area contributed by atoms with Gasteiger partial charge in [0.1, 0.15) is 5.02 Å². The summed E-state index contributed by atoms with van der Waals surface area (Å²) in [4.78, 5) is 6.84. The molecule has 0 saturated heterocycles. The predicted octanol–water partition coefficient (Wildman–Crippen LogP) is 1.75. The van der Waals surface area contributed by atoms with E-state index in [2.05, 4.69) is 20.4 Å². The first kappa shape index (κ1) is 9.85. The van der Waals surface area contributed by atoms with Crippen LogP contribution in [0, 0.1) is 6.08 Å². The minimum Gasteiger partial charge on any atom is -0.336 e. The lowest BCUT2D eigenvalue weighted by Crippen LogP contribution is -1.97. The van der Waals surface area contributed by atoms with Crippen molar-refractivity contribution in [2.45, 2.75) is 0 Å². The van der Waals surface area contributed by atoms with Gasteiger partial charge in [0.15, 0.2) is 5.82 Å². The second-order valence-corrected chi connectivity index (χ2v) is 3.27. The van der Waals surface area contributed by atoms with Crippen LogP contribution in [0.1, 0.15) is 0 Å². The van der Waals surface area contributed by atoms with E-state index in [4.69, 9.17) is 11.6 Å². The number of nitrogens with zero attached hydrogens (tertiary/aromatic N) is 4. The van der Waals surface area contributed by atoms with Gasteiger partial charge in [-0.15, -0.1) is 0 Å². The van der Waals surface area contributed by atoms with Crippen LogP contribution >= 0.6 is 11.6 Å². The second kappa shape index (κ2) is 3.82. The lowest BCUT2D eigenvalue weighted by atomic mass is 10.5. The van der Waals surface area contributed by atoms with Crippen molar-refractivity contribution in [1.29, 1.82) is 0 Å². The Balaban J connectivity index is 2.27. The molecule has 2 heterocycles. The van der Waals surface area contributed by atoms with Gasteiger partial charge in [0.25, 0.3) is 0 Å². The first-order chi connectivity index (χ1) is 7.15. The van der Waals surface area contributed by atoms with Gasteiger partial charge in [-0.1, -0.05) is 11.6 Å². The minimum absolute atomic E-state index is 0.220. The van der Waals surface area contributed by atoms with Crippen molar-refractivity contribution in [1.82, 2.24) is 19.7 Å². The third kappa shape index (κ3) is 2.21. The SMILES string of the molecule is Cn1cc(Nc2nc(F)ncc2Cl)cn1. The fourth-order valence-electron chi connectivity index (χ4n) is 1.06. The highest BCUT2D eigenvalue weighted by Gasteiger charge is 2.06. The number of aromatic nitrogens is 4. The van der Waals surface area contributed by atoms with Crippen LogP contribution in [0.15, 0.2) is 18.6 Å². The molecule has 2 aromatic rings. The molecule has 0 radical (unpaired) electrons. The molecule has 0 aliphatic carbocycles. The van der Waals surface area contributed by atoms with Crippen LogP contribution in [0.5, 0.6) is 0 Å². The van der Waals surface area contributed by atoms with Crippen molar-refractivity contribution in [3.05, 3.63) is 29.7 Å². The molecule has 15 heavy (non-hydrogen) atoms. The smallest absolute Gasteiger partial charge is 0.310 e. The van der Waals surface area contributed by atoms with Crippen molar-refractivity contribution in [3.8, 4) is 0 Å². The van der Waals surface area contributed by atoms with Gasteiger partial charge in [-0.25, -0.2) is 4.98 Å². The van der Waals surface area contributed by atoms with Gasteiger partial charge in [0.2, 0.25) is 0 Å². The third-order valence-electron chi connectivity index (χ3n) is 1.68. The molecule has 2 rings (SSSR count). The Bertz CT molecular complexity index is 484. The summed E-state index contributed by atoms with van der Waals surface area (Å²) in [5.41, 5.74) is 0.678. The van der Waals surface area contributed by atoms with Crippen LogP contribution in [-0.4, -0.2) is 19.7 Å². The van der Waals surface area contributed by atoms with Crippen LogP contribution in [0.2, 0.25) is 5.02 Å². The van der Waals surface area contributed by atoms with E-state index in [1.807, 2.05) is 0 Å². The Morgan fingerprint density at radius 3 is 2.93 bits per heavy atom. The summed E-state index contributed by atoms with van der Waals surface area (Å²) in [6.45, 7) is 0. The number of anilines is 2. The first-order valence-electron chi connectivity index (χ1n) is 4.09. The fraction of sp³-hybridized carbons (Fsp3) is 0.125. The highest BCUT2D eigenvalue weighted by molar-refractivity contribution is 6.32. The molecule has 0 bridgehead atoms. The largest absolute Gasteiger partial charge is 0.336 e. The van der Waals surface area contributed by atoms with Crippen LogP contribution < -0.4 is 5.32 Å². The predicted molar refractivity (Wildman–Crippen MR) is 53.5 cm³/mol. The Kier molecular flexibility index (Phi) is 2.51. The third-order valence-corrected chi connectivity index (χ3v) is 1.96. The normalized spacial score (nSPS) is 10.3. The topological polar surface area (TPSA) is 55.6 Å². The highest BCUT2D eigenvalue weighted by atomic mass is 35.5. The highest BCUT2D eigenvalue weighted by Crippen LogP contribution is 2.21. The maximum atomic E-state index is 12.7. The minimum atomic E-state index is -0.828. The monoisotopic (exact) mass is 227 g/mol.